The highest BCUT2D eigenvalue weighted by atomic mass is 15.1. The molecule has 0 bridgehead atoms. The van der Waals surface area contributed by atoms with Crippen molar-refractivity contribution in [2.75, 3.05) is 27.2 Å². The summed E-state index contributed by atoms with van der Waals surface area (Å²) in [4.78, 5) is 1.57. The summed E-state index contributed by atoms with van der Waals surface area (Å²) in [5.41, 5.74) is 0. The van der Waals surface area contributed by atoms with Crippen molar-refractivity contribution in [3.63, 3.8) is 0 Å². The van der Waals surface area contributed by atoms with Crippen LogP contribution in [0.3, 0.4) is 0 Å². The van der Waals surface area contributed by atoms with Crippen LogP contribution in [0.25, 0.3) is 0 Å². The topological polar surface area (TPSA) is 21.1 Å². The molecule has 3 N–H and O–H groups in total. The molecule has 0 radical (unpaired) electrons. The van der Waals surface area contributed by atoms with Crippen molar-refractivity contribution in [1.82, 2.24) is 0 Å². The molecule has 0 saturated heterocycles. The van der Waals surface area contributed by atoms with Crippen molar-refractivity contribution < 1.29 is 10.2 Å². The Hall–Kier alpha value is -0.0800. The van der Waals surface area contributed by atoms with Gasteiger partial charge < -0.3 is 10.2 Å². The highest BCUT2D eigenvalue weighted by Crippen LogP contribution is 2.13. The zero-order chi connectivity index (χ0) is 8.10. The Morgan fingerprint density at radius 2 is 1.91 bits per heavy atom. The van der Waals surface area contributed by atoms with E-state index in [0.29, 0.717) is 0 Å². The van der Waals surface area contributed by atoms with Crippen LogP contribution in [0, 0.1) is 0 Å². The van der Waals surface area contributed by atoms with Gasteiger partial charge in [-0.1, -0.05) is 0 Å². The molecule has 66 valence electrons. The molecular formula is C9H22N2+2. The normalized spacial score (nSPS) is 19.9. The highest BCUT2D eigenvalue weighted by Gasteiger charge is 2.17. The number of nitrogens with one attached hydrogen (secondary N) is 1. The number of likely N-dealkylation sites (N-methyl/N-ethyl adjacent to an activating group) is 1. The molecule has 0 amide bonds. The van der Waals surface area contributed by atoms with Crippen molar-refractivity contribution in [2.45, 2.75) is 31.7 Å². The van der Waals surface area contributed by atoms with Gasteiger partial charge in [-0.15, -0.1) is 0 Å². The molecule has 1 aliphatic carbocycles. The predicted octanol–water partition coefficient (Wildman–Crippen LogP) is -1.36. The lowest BCUT2D eigenvalue weighted by Crippen LogP contribution is -3.09. The number of quaternary nitrogens is 2. The molecule has 0 aliphatic heterocycles. The van der Waals surface area contributed by atoms with Crippen LogP contribution in [0.2, 0.25) is 0 Å². The molecule has 1 rings (SSSR count). The average molecular weight is 158 g/mol. The Labute approximate surface area is 70.0 Å². The Morgan fingerprint density at radius 1 is 1.27 bits per heavy atom. The first kappa shape index (κ1) is 9.01. The lowest BCUT2D eigenvalue weighted by Gasteiger charge is -2.09. The Morgan fingerprint density at radius 3 is 2.45 bits per heavy atom. The predicted molar refractivity (Wildman–Crippen MR) is 46.7 cm³/mol. The maximum atomic E-state index is 2.54. The van der Waals surface area contributed by atoms with Gasteiger partial charge in [0, 0.05) is 0 Å². The molecule has 2 heteroatoms. The SMILES string of the molecule is C[NH+](C)CC[NH2+]C1CCCC1. The highest BCUT2D eigenvalue weighted by molar-refractivity contribution is 4.63. The van der Waals surface area contributed by atoms with E-state index in [2.05, 4.69) is 19.4 Å². The van der Waals surface area contributed by atoms with E-state index in [-0.39, 0.29) is 0 Å². The van der Waals surface area contributed by atoms with Crippen LogP contribution in [0.15, 0.2) is 0 Å². The van der Waals surface area contributed by atoms with Crippen molar-refractivity contribution in [1.29, 1.82) is 0 Å². The fraction of sp³-hybridized carbons (Fsp3) is 1.00. The van der Waals surface area contributed by atoms with Crippen molar-refractivity contribution in [3.8, 4) is 0 Å². The zero-order valence-corrected chi connectivity index (χ0v) is 7.90. The van der Waals surface area contributed by atoms with E-state index in [9.17, 15) is 0 Å². The molecule has 0 unspecified atom stereocenters. The van der Waals surface area contributed by atoms with Gasteiger partial charge in [0.15, 0.2) is 0 Å². The average Bonchev–Trinajstić information content (AvgIpc) is 2.39. The summed E-state index contributed by atoms with van der Waals surface area (Å²) >= 11 is 0. The Balaban J connectivity index is 1.94. The summed E-state index contributed by atoms with van der Waals surface area (Å²) in [6, 6.07) is 0.967. The van der Waals surface area contributed by atoms with Gasteiger partial charge in [0.05, 0.1) is 20.1 Å². The second-order valence-electron chi connectivity index (χ2n) is 4.03. The lowest BCUT2D eigenvalue weighted by atomic mass is 10.2. The maximum absolute atomic E-state index is 2.54. The molecule has 0 heterocycles. The van der Waals surface area contributed by atoms with Gasteiger partial charge in [-0.25, -0.2) is 0 Å². The van der Waals surface area contributed by atoms with Crippen LogP contribution in [0.1, 0.15) is 25.7 Å². The largest absolute Gasteiger partial charge is 0.339 e. The maximum Gasteiger partial charge on any atom is 0.126 e. The first-order valence-corrected chi connectivity index (χ1v) is 4.91. The van der Waals surface area contributed by atoms with E-state index in [4.69, 9.17) is 0 Å². The van der Waals surface area contributed by atoms with Crippen molar-refractivity contribution in [2.24, 2.45) is 0 Å². The first-order chi connectivity index (χ1) is 5.29. The third-order valence-corrected chi connectivity index (χ3v) is 2.54. The molecule has 0 aromatic carbocycles. The van der Waals surface area contributed by atoms with E-state index in [0.717, 1.165) is 6.04 Å². The summed E-state index contributed by atoms with van der Waals surface area (Å²) in [6.07, 6.45) is 5.86. The quantitative estimate of drug-likeness (QED) is 0.504. The van der Waals surface area contributed by atoms with Crippen LogP contribution in [-0.2, 0) is 0 Å². The molecule has 0 aromatic rings. The minimum Gasteiger partial charge on any atom is -0.339 e. The lowest BCUT2D eigenvalue weighted by molar-refractivity contribution is -0.876. The van der Waals surface area contributed by atoms with Crippen LogP contribution in [-0.4, -0.2) is 33.2 Å². The second-order valence-corrected chi connectivity index (χ2v) is 4.03. The number of hydrogen-bond donors (Lipinski definition) is 2. The molecule has 2 nitrogen and oxygen atoms in total. The Kier molecular flexibility index (Phi) is 3.87. The van der Waals surface area contributed by atoms with E-state index in [1.807, 2.05) is 0 Å². The molecule has 1 fully saturated rings. The summed E-state index contributed by atoms with van der Waals surface area (Å²) in [6.45, 7) is 2.61. The first-order valence-electron chi connectivity index (χ1n) is 4.91. The molecule has 0 atom stereocenters. The smallest absolute Gasteiger partial charge is 0.126 e. The van der Waals surface area contributed by atoms with Crippen LogP contribution in [0.5, 0.6) is 0 Å². The molecular weight excluding hydrogens is 136 g/mol. The Bertz CT molecular complexity index is 95.7. The van der Waals surface area contributed by atoms with Gasteiger partial charge in [-0.2, -0.15) is 0 Å². The number of nitrogens with two attached hydrogens (primary N) is 1. The van der Waals surface area contributed by atoms with Gasteiger partial charge in [-0.05, 0) is 25.7 Å². The molecule has 0 aromatic heterocycles. The van der Waals surface area contributed by atoms with Gasteiger partial charge in [0.2, 0.25) is 0 Å². The monoisotopic (exact) mass is 158 g/mol. The summed E-state index contributed by atoms with van der Waals surface area (Å²) < 4.78 is 0. The van der Waals surface area contributed by atoms with E-state index in [1.165, 1.54) is 38.8 Å². The second kappa shape index (κ2) is 4.73. The number of hydrogen-bond acceptors (Lipinski definition) is 0. The van der Waals surface area contributed by atoms with Gasteiger partial charge in [0.25, 0.3) is 0 Å². The van der Waals surface area contributed by atoms with E-state index >= 15 is 0 Å². The third-order valence-electron chi connectivity index (χ3n) is 2.54. The van der Waals surface area contributed by atoms with Gasteiger partial charge >= 0.3 is 0 Å². The van der Waals surface area contributed by atoms with Crippen LogP contribution >= 0.6 is 0 Å². The molecule has 0 spiro atoms. The van der Waals surface area contributed by atoms with Crippen LogP contribution in [0.4, 0.5) is 0 Å². The molecule has 1 aliphatic rings. The van der Waals surface area contributed by atoms with Crippen LogP contribution < -0.4 is 10.2 Å². The number of rotatable bonds is 4. The molecule has 11 heavy (non-hydrogen) atoms. The summed E-state index contributed by atoms with van der Waals surface area (Å²) in [5, 5.41) is 2.54. The van der Waals surface area contributed by atoms with E-state index < -0.39 is 0 Å². The summed E-state index contributed by atoms with van der Waals surface area (Å²) in [7, 11) is 4.45. The van der Waals surface area contributed by atoms with Crippen molar-refractivity contribution in [3.05, 3.63) is 0 Å². The minimum atomic E-state index is 0.967. The standard InChI is InChI=1S/C9H20N2/c1-11(2)8-7-10-9-5-3-4-6-9/h9-10H,3-8H2,1-2H3/p+2. The van der Waals surface area contributed by atoms with E-state index in [1.54, 1.807) is 4.90 Å². The van der Waals surface area contributed by atoms with Gasteiger partial charge in [-0.3, -0.25) is 0 Å². The van der Waals surface area contributed by atoms with Gasteiger partial charge in [0.1, 0.15) is 13.1 Å². The minimum absolute atomic E-state index is 0.967. The zero-order valence-electron chi connectivity index (χ0n) is 7.90. The van der Waals surface area contributed by atoms with Crippen molar-refractivity contribution >= 4 is 0 Å². The third kappa shape index (κ3) is 3.73. The molecule has 1 saturated carbocycles. The fourth-order valence-electron chi connectivity index (χ4n) is 1.80. The summed E-state index contributed by atoms with van der Waals surface area (Å²) in [5.74, 6) is 0. The fourth-order valence-corrected chi connectivity index (χ4v) is 1.80.